The van der Waals surface area contributed by atoms with Crippen LogP contribution in [0.4, 0.5) is 4.39 Å². The smallest absolute Gasteiger partial charge is 0.339 e. The number of carbonyl (C=O) groups excluding carboxylic acids is 1. The van der Waals surface area contributed by atoms with Crippen LogP contribution in [0.5, 0.6) is 0 Å². The molecule has 4 rings (SSSR count). The maximum absolute atomic E-state index is 13.7. The van der Waals surface area contributed by atoms with Crippen LogP contribution in [-0.4, -0.2) is 22.5 Å². The number of benzene rings is 1. The number of rotatable bonds is 4. The molecule has 0 N–H and O–H groups in total. The first-order chi connectivity index (χ1) is 13.2. The third-order valence-corrected chi connectivity index (χ3v) is 5.42. The summed E-state index contributed by atoms with van der Waals surface area (Å²) in [5, 5.41) is 0. The maximum atomic E-state index is 13.7. The first-order valence-corrected chi connectivity index (χ1v) is 9.49. The fourth-order valence-electron chi connectivity index (χ4n) is 4.07. The van der Waals surface area contributed by atoms with Gasteiger partial charge in [-0.25, -0.2) is 14.2 Å². The number of ether oxygens (including phenoxy) is 1. The van der Waals surface area contributed by atoms with Crippen LogP contribution in [0.25, 0.3) is 5.65 Å². The summed E-state index contributed by atoms with van der Waals surface area (Å²) in [4.78, 5) is 16.9. The summed E-state index contributed by atoms with van der Waals surface area (Å²) in [6, 6.07) is 10.3. The number of pyridine rings is 1. The van der Waals surface area contributed by atoms with Crippen molar-refractivity contribution in [2.24, 2.45) is 0 Å². The van der Waals surface area contributed by atoms with Gasteiger partial charge in [-0.15, -0.1) is 0 Å². The molecule has 27 heavy (non-hydrogen) atoms. The Morgan fingerprint density at radius 1 is 1.22 bits per heavy atom. The van der Waals surface area contributed by atoms with Gasteiger partial charge in [-0.3, -0.25) is 0 Å². The van der Waals surface area contributed by atoms with Crippen LogP contribution in [0, 0.1) is 5.82 Å². The third-order valence-electron chi connectivity index (χ3n) is 5.42. The topological polar surface area (TPSA) is 43.6 Å². The summed E-state index contributed by atoms with van der Waals surface area (Å²) < 4.78 is 20.5. The second-order valence-electron chi connectivity index (χ2n) is 7.22. The lowest BCUT2D eigenvalue weighted by molar-refractivity contribution is 0.0600. The van der Waals surface area contributed by atoms with E-state index < -0.39 is 0 Å². The van der Waals surface area contributed by atoms with Crippen LogP contribution in [0.3, 0.4) is 0 Å². The molecule has 1 fully saturated rings. The zero-order valence-corrected chi connectivity index (χ0v) is 15.5. The quantitative estimate of drug-likeness (QED) is 0.617. The summed E-state index contributed by atoms with van der Waals surface area (Å²) in [5.41, 5.74) is 4.32. The number of hydrogen-bond acceptors (Lipinski definition) is 3. The van der Waals surface area contributed by atoms with Gasteiger partial charge in [0, 0.05) is 18.5 Å². The van der Waals surface area contributed by atoms with Crippen molar-refractivity contribution in [2.75, 3.05) is 7.11 Å². The molecule has 0 amide bonds. The van der Waals surface area contributed by atoms with E-state index in [1.165, 1.54) is 32.4 Å². The fourth-order valence-corrected chi connectivity index (χ4v) is 4.07. The van der Waals surface area contributed by atoms with Gasteiger partial charge in [0.15, 0.2) is 0 Å². The third kappa shape index (κ3) is 3.59. The molecule has 2 aromatic heterocycles. The van der Waals surface area contributed by atoms with E-state index in [1.807, 2.05) is 16.5 Å². The lowest BCUT2D eigenvalue weighted by atomic mass is 9.85. The fraction of sp³-hybridized carbons (Fsp3) is 0.364. The molecule has 4 nitrogen and oxygen atoms in total. The highest BCUT2D eigenvalue weighted by molar-refractivity contribution is 5.89. The van der Waals surface area contributed by atoms with Gasteiger partial charge in [0.2, 0.25) is 0 Å². The zero-order chi connectivity index (χ0) is 18.8. The van der Waals surface area contributed by atoms with Gasteiger partial charge in [-0.1, -0.05) is 31.4 Å². The highest BCUT2D eigenvalue weighted by Gasteiger charge is 2.24. The molecule has 0 unspecified atom stereocenters. The Hall–Kier alpha value is -2.69. The highest BCUT2D eigenvalue weighted by Crippen LogP contribution is 2.35. The number of hydrogen-bond donors (Lipinski definition) is 0. The molecule has 1 aromatic carbocycles. The van der Waals surface area contributed by atoms with Crippen molar-refractivity contribution >= 4 is 11.6 Å². The SMILES string of the molecule is COC(=O)c1ccc2nc(C3CCCCC3)c(Cc3cccc(F)c3)n2c1. The Bertz CT molecular complexity index is 974. The molecule has 1 saturated carbocycles. The Kier molecular flexibility index (Phi) is 4.92. The molecule has 140 valence electrons. The summed E-state index contributed by atoms with van der Waals surface area (Å²) in [6.45, 7) is 0. The van der Waals surface area contributed by atoms with E-state index >= 15 is 0 Å². The van der Waals surface area contributed by atoms with E-state index in [0.717, 1.165) is 35.4 Å². The van der Waals surface area contributed by atoms with E-state index in [0.29, 0.717) is 17.9 Å². The maximum Gasteiger partial charge on any atom is 0.339 e. The van der Waals surface area contributed by atoms with Crippen molar-refractivity contribution < 1.29 is 13.9 Å². The number of imidazole rings is 1. The molecule has 1 aliphatic carbocycles. The van der Waals surface area contributed by atoms with Crippen molar-refractivity contribution in [3.63, 3.8) is 0 Å². The van der Waals surface area contributed by atoms with Crippen molar-refractivity contribution in [2.45, 2.75) is 44.4 Å². The summed E-state index contributed by atoms with van der Waals surface area (Å²) in [5.74, 6) is -0.193. The lowest BCUT2D eigenvalue weighted by Gasteiger charge is -2.21. The molecule has 5 heteroatoms. The van der Waals surface area contributed by atoms with Crippen LogP contribution in [-0.2, 0) is 11.2 Å². The average Bonchev–Trinajstić information content (AvgIpc) is 3.06. The van der Waals surface area contributed by atoms with Gasteiger partial charge >= 0.3 is 5.97 Å². The molecule has 0 bridgehead atoms. The second-order valence-corrected chi connectivity index (χ2v) is 7.22. The average molecular weight is 366 g/mol. The number of esters is 1. The largest absolute Gasteiger partial charge is 0.465 e. The van der Waals surface area contributed by atoms with Crippen LogP contribution in [0.15, 0.2) is 42.6 Å². The zero-order valence-electron chi connectivity index (χ0n) is 15.5. The van der Waals surface area contributed by atoms with Crippen molar-refractivity contribution in [1.29, 1.82) is 0 Å². The highest BCUT2D eigenvalue weighted by atomic mass is 19.1. The van der Waals surface area contributed by atoms with Gasteiger partial charge in [0.1, 0.15) is 11.5 Å². The van der Waals surface area contributed by atoms with Gasteiger partial charge in [0.25, 0.3) is 0 Å². The predicted octanol–water partition coefficient (Wildman–Crippen LogP) is 4.90. The van der Waals surface area contributed by atoms with E-state index in [1.54, 1.807) is 24.4 Å². The van der Waals surface area contributed by atoms with Crippen LogP contribution >= 0.6 is 0 Å². The Balaban J connectivity index is 1.83. The normalized spacial score (nSPS) is 15.2. The van der Waals surface area contributed by atoms with Crippen molar-refractivity contribution in [1.82, 2.24) is 9.38 Å². The minimum absolute atomic E-state index is 0.240. The van der Waals surface area contributed by atoms with E-state index in [-0.39, 0.29) is 11.8 Å². The first kappa shape index (κ1) is 17.7. The molecular formula is C22H23FN2O2. The molecule has 3 aromatic rings. The van der Waals surface area contributed by atoms with E-state index in [4.69, 9.17) is 9.72 Å². The standard InChI is InChI=1S/C22H23FN2O2/c1-27-22(26)17-10-11-20-24-21(16-7-3-2-4-8-16)19(25(20)14-17)13-15-6-5-9-18(23)12-15/h5-6,9-12,14,16H,2-4,7-8,13H2,1H3. The number of methoxy groups -OCH3 is 1. The monoisotopic (exact) mass is 366 g/mol. The van der Waals surface area contributed by atoms with Crippen LogP contribution < -0.4 is 0 Å². The summed E-state index contributed by atoms with van der Waals surface area (Å²) >= 11 is 0. The molecule has 0 atom stereocenters. The molecule has 0 aliphatic heterocycles. The number of carbonyl (C=O) groups is 1. The predicted molar refractivity (Wildman–Crippen MR) is 102 cm³/mol. The number of aromatic nitrogens is 2. The van der Waals surface area contributed by atoms with E-state index in [9.17, 15) is 9.18 Å². The van der Waals surface area contributed by atoms with Crippen molar-refractivity contribution in [3.05, 3.63) is 70.9 Å². The second kappa shape index (κ2) is 7.51. The Morgan fingerprint density at radius 2 is 2.04 bits per heavy atom. The molecule has 0 radical (unpaired) electrons. The first-order valence-electron chi connectivity index (χ1n) is 9.49. The van der Waals surface area contributed by atoms with Crippen molar-refractivity contribution in [3.8, 4) is 0 Å². The summed E-state index contributed by atoms with van der Waals surface area (Å²) in [7, 11) is 1.38. The van der Waals surface area contributed by atoms with Gasteiger partial charge in [0.05, 0.1) is 24.1 Å². The molecular weight excluding hydrogens is 343 g/mol. The summed E-state index contributed by atoms with van der Waals surface area (Å²) in [6.07, 6.45) is 8.32. The molecule has 0 spiro atoms. The van der Waals surface area contributed by atoms with Crippen LogP contribution in [0.1, 0.15) is 65.3 Å². The van der Waals surface area contributed by atoms with Gasteiger partial charge in [-0.2, -0.15) is 0 Å². The minimum Gasteiger partial charge on any atom is -0.465 e. The van der Waals surface area contributed by atoms with Crippen LogP contribution in [0.2, 0.25) is 0 Å². The molecule has 0 saturated heterocycles. The number of halogens is 1. The van der Waals surface area contributed by atoms with Gasteiger partial charge < -0.3 is 9.14 Å². The minimum atomic E-state index is -0.374. The van der Waals surface area contributed by atoms with E-state index in [2.05, 4.69) is 0 Å². The Morgan fingerprint density at radius 3 is 2.78 bits per heavy atom. The molecule has 1 aliphatic rings. The molecule has 2 heterocycles. The number of nitrogens with zero attached hydrogens (tertiary/aromatic N) is 2. The lowest BCUT2D eigenvalue weighted by Crippen LogP contribution is -2.09. The van der Waals surface area contributed by atoms with Gasteiger partial charge in [-0.05, 0) is 42.7 Å². The number of fused-ring (bicyclic) bond motifs is 1. The Labute approximate surface area is 158 Å².